The summed E-state index contributed by atoms with van der Waals surface area (Å²) in [7, 11) is 0. The van der Waals surface area contributed by atoms with Crippen LogP contribution in [0, 0.1) is 0 Å². The number of unbranched alkanes of at least 4 members (excludes halogenated alkanes) is 27. The van der Waals surface area contributed by atoms with Crippen molar-refractivity contribution >= 4 is 11.9 Å². The van der Waals surface area contributed by atoms with Crippen LogP contribution < -0.4 is 0 Å². The average molecular weight is 813 g/mol. The van der Waals surface area contributed by atoms with Crippen molar-refractivity contribution in [3.05, 3.63) is 48.6 Å². The van der Waals surface area contributed by atoms with Crippen LogP contribution in [0.2, 0.25) is 0 Å². The zero-order chi connectivity index (χ0) is 42.1. The van der Waals surface area contributed by atoms with Crippen LogP contribution in [0.4, 0.5) is 0 Å². The first kappa shape index (κ1) is 55.9. The molecule has 0 radical (unpaired) electrons. The normalized spacial score (nSPS) is 12.5. The lowest BCUT2D eigenvalue weighted by Crippen LogP contribution is -2.29. The third kappa shape index (κ3) is 46.5. The maximum Gasteiger partial charge on any atom is 0.305 e. The average Bonchev–Trinajstić information content (AvgIpc) is 3.23. The number of ether oxygens (including phenoxy) is 3. The molecule has 0 aliphatic rings. The monoisotopic (exact) mass is 813 g/mol. The van der Waals surface area contributed by atoms with E-state index in [1.807, 2.05) is 0 Å². The molecule has 0 fully saturated rings. The van der Waals surface area contributed by atoms with Crippen LogP contribution in [-0.4, -0.2) is 37.9 Å². The van der Waals surface area contributed by atoms with Crippen molar-refractivity contribution in [1.29, 1.82) is 0 Å². The van der Waals surface area contributed by atoms with Gasteiger partial charge in [-0.15, -0.1) is 0 Å². The molecule has 0 bridgehead atoms. The van der Waals surface area contributed by atoms with E-state index in [0.717, 1.165) is 70.6 Å². The molecule has 0 aliphatic heterocycles. The fraction of sp³-hybridized carbons (Fsp3) is 0.811. The van der Waals surface area contributed by atoms with Gasteiger partial charge in [0.25, 0.3) is 0 Å². The molecule has 1 atom stereocenters. The van der Waals surface area contributed by atoms with E-state index in [-0.39, 0.29) is 25.2 Å². The van der Waals surface area contributed by atoms with Crippen molar-refractivity contribution in [2.45, 2.75) is 258 Å². The van der Waals surface area contributed by atoms with Crippen molar-refractivity contribution in [2.24, 2.45) is 0 Å². The van der Waals surface area contributed by atoms with Gasteiger partial charge in [0.15, 0.2) is 0 Å². The number of carbonyl (C=O) groups excluding carboxylic acids is 2. The highest BCUT2D eigenvalue weighted by Gasteiger charge is 2.16. The zero-order valence-electron chi connectivity index (χ0n) is 38.8. The molecule has 338 valence electrons. The van der Waals surface area contributed by atoms with E-state index in [1.54, 1.807) is 0 Å². The minimum Gasteiger partial charge on any atom is -0.463 e. The van der Waals surface area contributed by atoms with Crippen LogP contribution >= 0.6 is 0 Å². The summed E-state index contributed by atoms with van der Waals surface area (Å²) >= 11 is 0. The summed E-state index contributed by atoms with van der Waals surface area (Å²) in [5.41, 5.74) is 0. The van der Waals surface area contributed by atoms with E-state index in [4.69, 9.17) is 14.2 Å². The molecule has 0 amide bonds. The number of esters is 2. The highest BCUT2D eigenvalue weighted by Crippen LogP contribution is 2.15. The Morgan fingerprint density at radius 2 is 0.672 bits per heavy atom. The second-order valence-corrected chi connectivity index (χ2v) is 16.7. The van der Waals surface area contributed by atoms with Crippen LogP contribution in [0.5, 0.6) is 0 Å². The largest absolute Gasteiger partial charge is 0.463 e. The van der Waals surface area contributed by atoms with E-state index in [9.17, 15) is 9.59 Å². The Hall–Kier alpha value is -2.14. The van der Waals surface area contributed by atoms with Gasteiger partial charge in [0.1, 0.15) is 19.3 Å². The van der Waals surface area contributed by atoms with Crippen molar-refractivity contribution in [3.63, 3.8) is 0 Å². The molecular weight excluding hydrogens is 717 g/mol. The molecule has 0 aromatic carbocycles. The Morgan fingerprint density at radius 3 is 1.16 bits per heavy atom. The Balaban J connectivity index is 4.29. The summed E-state index contributed by atoms with van der Waals surface area (Å²) < 4.78 is 17.4. The van der Waals surface area contributed by atoms with Gasteiger partial charge in [0.2, 0.25) is 0 Å². The van der Waals surface area contributed by atoms with Crippen LogP contribution in [0.15, 0.2) is 48.6 Å². The highest BCUT2D eigenvalue weighted by molar-refractivity contribution is 5.69. The summed E-state index contributed by atoms with van der Waals surface area (Å²) in [4.78, 5) is 25.1. The molecule has 0 saturated heterocycles. The second kappa shape index (κ2) is 49.2. The molecule has 58 heavy (non-hydrogen) atoms. The topological polar surface area (TPSA) is 61.8 Å². The van der Waals surface area contributed by atoms with Crippen molar-refractivity contribution < 1.29 is 23.8 Å². The van der Waals surface area contributed by atoms with E-state index < -0.39 is 6.10 Å². The van der Waals surface area contributed by atoms with Gasteiger partial charge in [-0.25, -0.2) is 0 Å². The van der Waals surface area contributed by atoms with Gasteiger partial charge in [-0.1, -0.05) is 211 Å². The van der Waals surface area contributed by atoms with Crippen molar-refractivity contribution in [1.82, 2.24) is 0 Å². The molecular formula is C53H96O5. The number of hydrogen-bond acceptors (Lipinski definition) is 5. The molecule has 0 heterocycles. The molecule has 5 heteroatoms. The fourth-order valence-electron chi connectivity index (χ4n) is 7.00. The number of hydrogen-bond donors (Lipinski definition) is 0. The van der Waals surface area contributed by atoms with Crippen LogP contribution in [0.3, 0.4) is 0 Å². The minimum atomic E-state index is -0.415. The first-order valence-corrected chi connectivity index (χ1v) is 25.2. The Bertz CT molecular complexity index is 966. The van der Waals surface area contributed by atoms with Gasteiger partial charge in [0.05, 0.1) is 0 Å². The van der Waals surface area contributed by atoms with Gasteiger partial charge in [-0.2, -0.15) is 0 Å². The van der Waals surface area contributed by atoms with E-state index in [1.165, 1.54) is 148 Å². The minimum absolute atomic E-state index is 0.137. The van der Waals surface area contributed by atoms with Gasteiger partial charge < -0.3 is 14.2 Å². The molecule has 0 aliphatic carbocycles. The standard InChI is InChI=1S/C53H96O5/c1-4-7-10-13-16-19-22-24-26-28-30-33-36-39-42-45-48-56-51(49-57-52(54)46-43-40-37-34-31-21-18-15-12-9-6-3)50-58-53(55)47-44-41-38-35-32-29-27-25-23-20-17-14-11-8-5-2/h15,17-18,20,25,27,32,35,51H,4-14,16,19,21-24,26,28-31,33-34,36-50H2,1-3H3/b18-15-,20-17-,27-25-,35-32-/t51-/m0/s1. The zero-order valence-corrected chi connectivity index (χ0v) is 38.8. The maximum atomic E-state index is 12.6. The predicted octanol–water partition coefficient (Wildman–Crippen LogP) is 16.8. The quantitative estimate of drug-likeness (QED) is 0.0348. The highest BCUT2D eigenvalue weighted by atomic mass is 16.6. The van der Waals surface area contributed by atoms with Gasteiger partial charge in [0, 0.05) is 19.4 Å². The summed E-state index contributed by atoms with van der Waals surface area (Å²) in [5, 5.41) is 0. The predicted molar refractivity (Wildman–Crippen MR) is 251 cm³/mol. The smallest absolute Gasteiger partial charge is 0.305 e. The van der Waals surface area contributed by atoms with Gasteiger partial charge in [-0.05, 0) is 77.0 Å². The van der Waals surface area contributed by atoms with Crippen molar-refractivity contribution in [2.75, 3.05) is 19.8 Å². The summed E-state index contributed by atoms with van der Waals surface area (Å²) in [6, 6.07) is 0. The van der Waals surface area contributed by atoms with E-state index >= 15 is 0 Å². The third-order valence-electron chi connectivity index (χ3n) is 10.9. The lowest BCUT2D eigenvalue weighted by molar-refractivity contribution is -0.155. The lowest BCUT2D eigenvalue weighted by Gasteiger charge is -2.18. The Kier molecular flexibility index (Phi) is 47.4. The fourth-order valence-corrected chi connectivity index (χ4v) is 7.00. The second-order valence-electron chi connectivity index (χ2n) is 16.7. The summed E-state index contributed by atoms with van der Waals surface area (Å²) in [5.74, 6) is -0.382. The Labute approximate surface area is 361 Å². The molecule has 0 rings (SSSR count). The Morgan fingerprint density at radius 1 is 0.362 bits per heavy atom. The molecule has 0 spiro atoms. The molecule has 0 aromatic rings. The SMILES string of the molecule is CCCC/C=C\CCCCCCCC(=O)OC[C@@H](COC(=O)CCCC/C=C\C/C=C\C/C=C\CCCCC)OCCCCCCCCCCCCCCCCCC. The number of allylic oxidation sites excluding steroid dienone is 8. The summed E-state index contributed by atoms with van der Waals surface area (Å²) in [6.45, 7) is 7.64. The molecule has 0 unspecified atom stereocenters. The summed E-state index contributed by atoms with van der Waals surface area (Å²) in [6.07, 6.45) is 59.9. The molecule has 0 N–H and O–H groups in total. The van der Waals surface area contributed by atoms with Gasteiger partial charge >= 0.3 is 11.9 Å². The third-order valence-corrected chi connectivity index (χ3v) is 10.9. The van der Waals surface area contributed by atoms with Crippen molar-refractivity contribution in [3.8, 4) is 0 Å². The first-order valence-electron chi connectivity index (χ1n) is 25.2. The molecule has 0 saturated carbocycles. The number of carbonyl (C=O) groups is 2. The van der Waals surface area contributed by atoms with E-state index in [2.05, 4.69) is 69.4 Å². The van der Waals surface area contributed by atoms with Crippen LogP contribution in [0.25, 0.3) is 0 Å². The maximum absolute atomic E-state index is 12.6. The molecule has 5 nitrogen and oxygen atoms in total. The molecule has 0 aromatic heterocycles. The van der Waals surface area contributed by atoms with Crippen LogP contribution in [-0.2, 0) is 23.8 Å². The van der Waals surface area contributed by atoms with E-state index in [0.29, 0.717) is 19.4 Å². The first-order chi connectivity index (χ1) is 28.6. The lowest BCUT2D eigenvalue weighted by atomic mass is 10.0. The van der Waals surface area contributed by atoms with Gasteiger partial charge in [-0.3, -0.25) is 9.59 Å². The van der Waals surface area contributed by atoms with Crippen LogP contribution in [0.1, 0.15) is 252 Å². The number of rotatable bonds is 46.